The van der Waals surface area contributed by atoms with Gasteiger partial charge in [-0.25, -0.2) is 0 Å². The second-order valence-corrected chi connectivity index (χ2v) is 8.44. The van der Waals surface area contributed by atoms with E-state index in [0.29, 0.717) is 42.3 Å². The van der Waals surface area contributed by atoms with E-state index in [2.05, 4.69) is 17.3 Å². The van der Waals surface area contributed by atoms with Crippen LogP contribution in [0.25, 0.3) is 0 Å². The first kappa shape index (κ1) is 20.6. The number of aryl methyl sites for hydroxylation is 2. The maximum Gasteiger partial charge on any atom is 0.259 e. The molecular formula is C23H29N3O4. The van der Waals surface area contributed by atoms with Gasteiger partial charge in [0.1, 0.15) is 5.76 Å². The first-order chi connectivity index (χ1) is 14.4. The molecule has 30 heavy (non-hydrogen) atoms. The third-order valence-electron chi connectivity index (χ3n) is 6.27. The van der Waals surface area contributed by atoms with Gasteiger partial charge in [0, 0.05) is 30.9 Å². The molecule has 4 rings (SSSR count). The smallest absolute Gasteiger partial charge is 0.259 e. The van der Waals surface area contributed by atoms with Crippen LogP contribution in [0.2, 0.25) is 0 Å². The van der Waals surface area contributed by atoms with Gasteiger partial charge in [0.25, 0.3) is 11.8 Å². The van der Waals surface area contributed by atoms with Crippen molar-refractivity contribution in [3.63, 3.8) is 0 Å². The van der Waals surface area contributed by atoms with E-state index in [0.717, 1.165) is 31.5 Å². The molecule has 3 heterocycles. The molecule has 7 nitrogen and oxygen atoms in total. The number of hydrogen-bond acceptors (Lipinski definition) is 5. The Hall–Kier alpha value is -2.64. The molecule has 0 aliphatic carbocycles. The van der Waals surface area contributed by atoms with Gasteiger partial charge in [-0.15, -0.1) is 0 Å². The molecule has 1 aromatic heterocycles. The van der Waals surface area contributed by atoms with E-state index in [1.54, 1.807) is 19.1 Å². The van der Waals surface area contributed by atoms with Crippen molar-refractivity contribution in [2.45, 2.75) is 32.3 Å². The number of piperidine rings is 1. The number of rotatable bonds is 3. The summed E-state index contributed by atoms with van der Waals surface area (Å²) in [5.41, 5.74) is 2.36. The third-order valence-corrected chi connectivity index (χ3v) is 6.27. The fourth-order valence-corrected chi connectivity index (χ4v) is 4.23. The Bertz CT molecular complexity index is 944. The largest absolute Gasteiger partial charge is 0.469 e. The average Bonchev–Trinajstić information content (AvgIpc) is 3.18. The zero-order valence-electron chi connectivity index (χ0n) is 17.9. The molecule has 2 saturated heterocycles. The van der Waals surface area contributed by atoms with Crippen LogP contribution in [0.1, 0.15) is 44.9 Å². The quantitative estimate of drug-likeness (QED) is 0.840. The van der Waals surface area contributed by atoms with Gasteiger partial charge in [0.2, 0.25) is 0 Å². The summed E-state index contributed by atoms with van der Waals surface area (Å²) in [7, 11) is 2.12. The molecule has 2 aromatic rings. The molecule has 0 bridgehead atoms. The van der Waals surface area contributed by atoms with Crippen molar-refractivity contribution in [1.29, 1.82) is 0 Å². The third kappa shape index (κ3) is 4.13. The molecule has 1 spiro atoms. The normalized spacial score (nSPS) is 19.1. The summed E-state index contributed by atoms with van der Waals surface area (Å²) in [6.07, 6.45) is 3.37. The first-order valence-corrected chi connectivity index (χ1v) is 10.4. The number of ether oxygens (including phenoxy) is 1. The van der Waals surface area contributed by atoms with Crippen LogP contribution in [0.3, 0.4) is 0 Å². The van der Waals surface area contributed by atoms with E-state index in [-0.39, 0.29) is 17.4 Å². The minimum atomic E-state index is -0.245. The van der Waals surface area contributed by atoms with Gasteiger partial charge in [-0.05, 0) is 57.5 Å². The Labute approximate surface area is 177 Å². The summed E-state index contributed by atoms with van der Waals surface area (Å²) in [6, 6.07) is 7.11. The highest BCUT2D eigenvalue weighted by molar-refractivity contribution is 6.06. The van der Waals surface area contributed by atoms with Gasteiger partial charge in [0.15, 0.2) is 0 Å². The van der Waals surface area contributed by atoms with E-state index in [4.69, 9.17) is 9.15 Å². The molecule has 2 aliphatic heterocycles. The van der Waals surface area contributed by atoms with Crippen LogP contribution in [0.4, 0.5) is 5.69 Å². The van der Waals surface area contributed by atoms with Gasteiger partial charge in [-0.1, -0.05) is 6.07 Å². The highest BCUT2D eigenvalue weighted by Crippen LogP contribution is 2.30. The number of furan rings is 1. The Morgan fingerprint density at radius 2 is 1.87 bits per heavy atom. The SMILES string of the molecule is Cc1ccc(C(=O)N2CCOC3(CCN(C)CC3)C2)cc1NC(=O)c1ccoc1C. The van der Waals surface area contributed by atoms with E-state index in [1.807, 2.05) is 24.0 Å². The Kier molecular flexibility index (Phi) is 5.66. The van der Waals surface area contributed by atoms with E-state index < -0.39 is 0 Å². The Morgan fingerprint density at radius 3 is 2.57 bits per heavy atom. The van der Waals surface area contributed by atoms with Gasteiger partial charge in [-0.3, -0.25) is 9.59 Å². The van der Waals surface area contributed by atoms with Crippen LogP contribution in [0.15, 0.2) is 34.9 Å². The molecule has 160 valence electrons. The van der Waals surface area contributed by atoms with Crippen molar-refractivity contribution in [2.24, 2.45) is 0 Å². The monoisotopic (exact) mass is 411 g/mol. The van der Waals surface area contributed by atoms with E-state index in [9.17, 15) is 9.59 Å². The van der Waals surface area contributed by atoms with Crippen molar-refractivity contribution < 1.29 is 18.7 Å². The fraction of sp³-hybridized carbons (Fsp3) is 0.478. The number of hydrogen-bond donors (Lipinski definition) is 1. The lowest BCUT2D eigenvalue weighted by atomic mass is 9.89. The molecule has 0 unspecified atom stereocenters. The fourth-order valence-electron chi connectivity index (χ4n) is 4.23. The number of carbonyl (C=O) groups is 2. The topological polar surface area (TPSA) is 75.0 Å². The number of amides is 2. The van der Waals surface area contributed by atoms with Crippen molar-refractivity contribution in [3.05, 3.63) is 53.0 Å². The first-order valence-electron chi connectivity index (χ1n) is 10.4. The number of anilines is 1. The predicted octanol–water partition coefficient (Wildman–Crippen LogP) is 3.09. The summed E-state index contributed by atoms with van der Waals surface area (Å²) in [4.78, 5) is 30.0. The molecule has 2 fully saturated rings. The zero-order valence-corrected chi connectivity index (χ0v) is 17.9. The minimum Gasteiger partial charge on any atom is -0.469 e. The number of nitrogens with one attached hydrogen (secondary N) is 1. The Balaban J connectivity index is 1.50. The lowest BCUT2D eigenvalue weighted by Crippen LogP contribution is -2.57. The standard InChI is InChI=1S/C23H29N3O4/c1-16-4-5-18(14-20(16)24-21(27)19-6-12-29-17(19)2)22(28)26-11-13-30-23(15-26)7-9-25(3)10-8-23/h4-6,12,14H,7-11,13,15H2,1-3H3,(H,24,27). The van der Waals surface area contributed by atoms with Crippen molar-refractivity contribution in [3.8, 4) is 0 Å². The van der Waals surface area contributed by atoms with Crippen LogP contribution in [0, 0.1) is 13.8 Å². The Morgan fingerprint density at radius 1 is 1.10 bits per heavy atom. The van der Waals surface area contributed by atoms with Crippen molar-refractivity contribution in [2.75, 3.05) is 45.2 Å². The number of nitrogens with zero attached hydrogens (tertiary/aromatic N) is 2. The molecule has 0 radical (unpaired) electrons. The highest BCUT2D eigenvalue weighted by Gasteiger charge is 2.40. The molecule has 2 amide bonds. The van der Waals surface area contributed by atoms with Crippen LogP contribution in [0.5, 0.6) is 0 Å². The van der Waals surface area contributed by atoms with Gasteiger partial charge in [0.05, 0.1) is 30.6 Å². The highest BCUT2D eigenvalue weighted by atomic mass is 16.5. The lowest BCUT2D eigenvalue weighted by molar-refractivity contribution is -0.125. The predicted molar refractivity (Wildman–Crippen MR) is 114 cm³/mol. The summed E-state index contributed by atoms with van der Waals surface area (Å²) in [6.45, 7) is 7.38. The molecule has 2 aliphatic rings. The van der Waals surface area contributed by atoms with Crippen molar-refractivity contribution >= 4 is 17.5 Å². The van der Waals surface area contributed by atoms with Crippen LogP contribution in [-0.4, -0.2) is 67.0 Å². The molecule has 7 heteroatoms. The summed E-state index contributed by atoms with van der Waals surface area (Å²) >= 11 is 0. The minimum absolute atomic E-state index is 0.0217. The van der Waals surface area contributed by atoms with Crippen LogP contribution < -0.4 is 5.32 Å². The molecule has 1 N–H and O–H groups in total. The molecule has 0 atom stereocenters. The summed E-state index contributed by atoms with van der Waals surface area (Å²) in [5, 5.41) is 2.91. The second kappa shape index (κ2) is 8.24. The van der Waals surface area contributed by atoms with E-state index >= 15 is 0 Å². The van der Waals surface area contributed by atoms with Crippen LogP contribution >= 0.6 is 0 Å². The maximum absolute atomic E-state index is 13.3. The van der Waals surface area contributed by atoms with Gasteiger partial charge in [-0.2, -0.15) is 0 Å². The van der Waals surface area contributed by atoms with E-state index in [1.165, 1.54) is 6.26 Å². The lowest BCUT2D eigenvalue weighted by Gasteiger charge is -2.46. The number of morpholine rings is 1. The number of carbonyl (C=O) groups excluding carboxylic acids is 2. The number of benzene rings is 1. The zero-order chi connectivity index (χ0) is 21.3. The molecular weight excluding hydrogens is 382 g/mol. The summed E-state index contributed by atoms with van der Waals surface area (Å²) in [5.74, 6) is 0.298. The number of likely N-dealkylation sites (tertiary alicyclic amines) is 1. The maximum atomic E-state index is 13.3. The summed E-state index contributed by atoms with van der Waals surface area (Å²) < 4.78 is 11.4. The van der Waals surface area contributed by atoms with Gasteiger partial charge < -0.3 is 24.3 Å². The average molecular weight is 412 g/mol. The molecule has 1 aromatic carbocycles. The second-order valence-electron chi connectivity index (χ2n) is 8.44. The van der Waals surface area contributed by atoms with Gasteiger partial charge >= 0.3 is 0 Å². The van der Waals surface area contributed by atoms with Crippen molar-refractivity contribution in [1.82, 2.24) is 9.80 Å². The van der Waals surface area contributed by atoms with Crippen LogP contribution in [-0.2, 0) is 4.74 Å². The molecule has 0 saturated carbocycles.